The van der Waals surface area contributed by atoms with Gasteiger partial charge in [-0.15, -0.1) is 0 Å². The highest BCUT2D eigenvalue weighted by atomic mass is 16.7. The van der Waals surface area contributed by atoms with Crippen molar-refractivity contribution >= 4 is 41.1 Å². The van der Waals surface area contributed by atoms with Gasteiger partial charge in [0, 0.05) is 44.8 Å². The number of carbonyl (C=O) groups excluding carboxylic acids is 5. The highest BCUT2D eigenvalue weighted by Gasteiger charge is 2.53. The number of fused-ring (bicyclic) bond motifs is 1. The summed E-state index contributed by atoms with van der Waals surface area (Å²) in [5.74, 6) is -2.75. The van der Waals surface area contributed by atoms with Gasteiger partial charge in [0.2, 0.25) is 0 Å². The highest BCUT2D eigenvalue weighted by Crippen LogP contribution is 2.37. The molecular formula is C23H25NO10. The summed E-state index contributed by atoms with van der Waals surface area (Å²) in [6.45, 7) is 4.32. The van der Waals surface area contributed by atoms with Crippen LogP contribution < -0.4 is 0 Å². The second-order valence-electron chi connectivity index (χ2n) is 7.72. The van der Waals surface area contributed by atoms with Crippen molar-refractivity contribution in [2.75, 3.05) is 6.61 Å². The minimum Gasteiger partial charge on any atom is -0.463 e. The summed E-state index contributed by atoms with van der Waals surface area (Å²) >= 11 is 0. The van der Waals surface area contributed by atoms with E-state index in [4.69, 9.17) is 23.7 Å². The van der Waals surface area contributed by atoms with Gasteiger partial charge in [-0.1, -0.05) is 18.2 Å². The van der Waals surface area contributed by atoms with E-state index in [-0.39, 0.29) is 6.61 Å². The van der Waals surface area contributed by atoms with E-state index in [1.807, 2.05) is 0 Å². The molecule has 2 aromatic rings. The number of ether oxygens (including phenoxy) is 5. The maximum atomic E-state index is 12.0. The zero-order valence-corrected chi connectivity index (χ0v) is 19.1. The average molecular weight is 475 g/mol. The third-order valence-corrected chi connectivity index (χ3v) is 5.14. The quantitative estimate of drug-likeness (QED) is 0.331. The molecular weight excluding hydrogens is 450 g/mol. The molecule has 11 heteroatoms. The van der Waals surface area contributed by atoms with E-state index in [0.717, 1.165) is 20.8 Å². The van der Waals surface area contributed by atoms with Crippen molar-refractivity contribution in [1.29, 1.82) is 0 Å². The molecule has 0 N–H and O–H groups in total. The molecule has 1 saturated heterocycles. The molecule has 1 aromatic carbocycles. The van der Waals surface area contributed by atoms with Gasteiger partial charge >= 0.3 is 23.9 Å². The Bertz CT molecular complexity index is 1110. The highest BCUT2D eigenvalue weighted by molar-refractivity contribution is 5.97. The molecule has 1 aliphatic heterocycles. The number of esters is 4. The molecule has 0 spiro atoms. The summed E-state index contributed by atoms with van der Waals surface area (Å²) in [6, 6.07) is 6.98. The number of hydrogen-bond donors (Lipinski definition) is 0. The number of rotatable bonds is 7. The lowest BCUT2D eigenvalue weighted by Gasteiger charge is -2.44. The van der Waals surface area contributed by atoms with E-state index in [1.54, 1.807) is 28.8 Å². The number of hydrogen-bond acceptors (Lipinski definition) is 10. The van der Waals surface area contributed by atoms with Crippen LogP contribution in [-0.2, 0) is 42.9 Å². The number of aromatic nitrogens is 1. The topological polar surface area (TPSA) is 136 Å². The molecule has 2 heterocycles. The second-order valence-corrected chi connectivity index (χ2v) is 7.72. The molecule has 1 fully saturated rings. The fraction of sp³-hybridized carbons (Fsp3) is 0.435. The van der Waals surface area contributed by atoms with Gasteiger partial charge in [0.25, 0.3) is 0 Å². The molecule has 0 bridgehead atoms. The van der Waals surface area contributed by atoms with Crippen LogP contribution >= 0.6 is 0 Å². The van der Waals surface area contributed by atoms with Crippen molar-refractivity contribution < 1.29 is 47.7 Å². The molecule has 11 nitrogen and oxygen atoms in total. The van der Waals surface area contributed by atoms with Crippen LogP contribution in [0.15, 0.2) is 30.5 Å². The van der Waals surface area contributed by atoms with Crippen molar-refractivity contribution in [3.8, 4) is 0 Å². The lowest BCUT2D eigenvalue weighted by molar-refractivity contribution is -0.267. The van der Waals surface area contributed by atoms with E-state index in [1.165, 1.54) is 13.1 Å². The summed E-state index contributed by atoms with van der Waals surface area (Å²) in [7, 11) is 0. The Morgan fingerprint density at radius 2 is 1.47 bits per heavy atom. The minimum absolute atomic E-state index is 0.339. The number of aldehydes is 1. The molecule has 0 amide bonds. The maximum Gasteiger partial charge on any atom is 0.303 e. The van der Waals surface area contributed by atoms with Crippen molar-refractivity contribution in [3.05, 3.63) is 36.0 Å². The van der Waals surface area contributed by atoms with Gasteiger partial charge in [-0.05, 0) is 6.07 Å². The van der Waals surface area contributed by atoms with Crippen LogP contribution in [0.2, 0.25) is 0 Å². The van der Waals surface area contributed by atoms with E-state index in [9.17, 15) is 24.0 Å². The first kappa shape index (κ1) is 24.9. The van der Waals surface area contributed by atoms with E-state index in [0.29, 0.717) is 22.8 Å². The molecule has 34 heavy (non-hydrogen) atoms. The third-order valence-electron chi connectivity index (χ3n) is 5.14. The van der Waals surface area contributed by atoms with Crippen LogP contribution in [0, 0.1) is 0 Å². The van der Waals surface area contributed by atoms with Gasteiger partial charge in [-0.25, -0.2) is 0 Å². The number of nitrogens with zero attached hydrogens (tertiary/aromatic N) is 1. The second kappa shape index (κ2) is 10.5. The zero-order chi connectivity index (χ0) is 25.0. The first-order chi connectivity index (χ1) is 16.1. The average Bonchev–Trinajstić information content (AvgIpc) is 3.13. The zero-order valence-electron chi connectivity index (χ0n) is 19.1. The largest absolute Gasteiger partial charge is 0.463 e. The van der Waals surface area contributed by atoms with Crippen molar-refractivity contribution in [1.82, 2.24) is 4.57 Å². The Kier molecular flexibility index (Phi) is 7.67. The first-order valence-electron chi connectivity index (χ1n) is 10.5. The Labute approximate surface area is 194 Å². The van der Waals surface area contributed by atoms with Crippen LogP contribution in [0.3, 0.4) is 0 Å². The molecule has 1 aliphatic rings. The van der Waals surface area contributed by atoms with Gasteiger partial charge in [-0.3, -0.25) is 24.0 Å². The van der Waals surface area contributed by atoms with Gasteiger partial charge < -0.3 is 28.3 Å². The number of para-hydroxylation sites is 1. The lowest BCUT2D eigenvalue weighted by Crippen LogP contribution is -2.60. The SMILES string of the molecule is CC(=O)OCC1OC(n2cc(C=O)c3ccccc32)[C@H](OC(C)=O)[C@@H](OC(C)=O)[C@@H]1OC(C)=O. The third kappa shape index (κ3) is 5.42. The summed E-state index contributed by atoms with van der Waals surface area (Å²) in [5, 5.41) is 0.616. The van der Waals surface area contributed by atoms with Gasteiger partial charge in [0.1, 0.15) is 12.7 Å². The summed E-state index contributed by atoms with van der Waals surface area (Å²) in [4.78, 5) is 59.0. The first-order valence-corrected chi connectivity index (χ1v) is 10.5. The Hall–Kier alpha value is -3.73. The van der Waals surface area contributed by atoms with Crippen molar-refractivity contribution in [3.63, 3.8) is 0 Å². The molecule has 1 aromatic heterocycles. The standard InChI is InChI=1S/C23H25NO10/c1-12(26)30-11-19-20(31-13(2)27)21(32-14(3)28)22(33-15(4)29)23(34-19)24-9-16(10-25)17-7-5-6-8-18(17)24/h5-10,19-23H,11H2,1-4H3/t19?,20-,21+,22-,23?/m1/s1. The van der Waals surface area contributed by atoms with Crippen LogP contribution in [-0.4, -0.2) is 65.8 Å². The van der Waals surface area contributed by atoms with E-state index >= 15 is 0 Å². The smallest absolute Gasteiger partial charge is 0.303 e. The Morgan fingerprint density at radius 3 is 2.06 bits per heavy atom. The lowest BCUT2D eigenvalue weighted by atomic mass is 9.97. The molecule has 0 aliphatic carbocycles. The molecule has 5 atom stereocenters. The van der Waals surface area contributed by atoms with E-state index < -0.39 is 54.5 Å². The molecule has 0 radical (unpaired) electrons. The summed E-state index contributed by atoms with van der Waals surface area (Å²) in [5.41, 5.74) is 0.925. The summed E-state index contributed by atoms with van der Waals surface area (Å²) in [6.07, 6.45) is -3.86. The van der Waals surface area contributed by atoms with Crippen LogP contribution in [0.1, 0.15) is 44.3 Å². The van der Waals surface area contributed by atoms with Crippen molar-refractivity contribution in [2.45, 2.75) is 58.3 Å². The number of benzene rings is 1. The van der Waals surface area contributed by atoms with Crippen LogP contribution in [0.25, 0.3) is 10.9 Å². The fourth-order valence-corrected chi connectivity index (χ4v) is 3.97. The van der Waals surface area contributed by atoms with Crippen LogP contribution in [0.4, 0.5) is 0 Å². The molecule has 0 saturated carbocycles. The molecule has 3 rings (SSSR count). The van der Waals surface area contributed by atoms with Crippen LogP contribution in [0.5, 0.6) is 0 Å². The fourth-order valence-electron chi connectivity index (χ4n) is 3.97. The maximum absolute atomic E-state index is 12.0. The van der Waals surface area contributed by atoms with Gasteiger partial charge in [-0.2, -0.15) is 0 Å². The predicted octanol–water partition coefficient (Wildman–Crippen LogP) is 1.71. The monoisotopic (exact) mass is 475 g/mol. The van der Waals surface area contributed by atoms with Gasteiger partial charge in [0.05, 0.1) is 5.52 Å². The molecule has 182 valence electrons. The molecule has 2 unspecified atom stereocenters. The normalized spacial score (nSPS) is 24.2. The predicted molar refractivity (Wildman–Crippen MR) is 115 cm³/mol. The van der Waals surface area contributed by atoms with Crippen molar-refractivity contribution in [2.24, 2.45) is 0 Å². The minimum atomic E-state index is -1.30. The van der Waals surface area contributed by atoms with Gasteiger partial charge in [0.15, 0.2) is 30.8 Å². The Morgan fingerprint density at radius 1 is 0.882 bits per heavy atom. The summed E-state index contributed by atoms with van der Waals surface area (Å²) < 4.78 is 29.1. The number of carbonyl (C=O) groups is 5. The Balaban J connectivity index is 2.17. The van der Waals surface area contributed by atoms with E-state index in [2.05, 4.69) is 0 Å².